The number of amides is 2. The number of nitrogens with one attached hydrogen (secondary N) is 1. The van der Waals surface area contributed by atoms with Crippen LogP contribution in [0.1, 0.15) is 22.4 Å². The second-order valence-corrected chi connectivity index (χ2v) is 4.72. The van der Waals surface area contributed by atoms with Crippen molar-refractivity contribution in [2.75, 3.05) is 26.7 Å². The predicted octanol–water partition coefficient (Wildman–Crippen LogP) is -0.148. The number of likely N-dealkylation sites (N-methyl/N-ethyl adjacent to an activating group) is 2. The average Bonchev–Trinajstić information content (AvgIpc) is 2.77. The average molecular weight is 270 g/mol. The molecular formula is C11H18N4O2S. The zero-order valence-corrected chi connectivity index (χ0v) is 11.4. The Morgan fingerprint density at radius 2 is 2.28 bits per heavy atom. The molecule has 0 radical (unpaired) electrons. The fraction of sp³-hybridized carbons (Fsp3) is 0.545. The molecule has 1 aromatic heterocycles. The summed E-state index contributed by atoms with van der Waals surface area (Å²) in [6, 6.07) is 0. The molecular weight excluding hydrogens is 252 g/mol. The van der Waals surface area contributed by atoms with Crippen molar-refractivity contribution >= 4 is 23.2 Å². The number of carbonyl (C=O) groups excluding carboxylic acids is 2. The van der Waals surface area contributed by atoms with Crippen LogP contribution >= 0.6 is 11.3 Å². The first-order chi connectivity index (χ1) is 8.58. The van der Waals surface area contributed by atoms with E-state index in [1.807, 2.05) is 6.92 Å². The lowest BCUT2D eigenvalue weighted by molar-refractivity contribution is -0.121. The molecule has 1 aromatic rings. The minimum absolute atomic E-state index is 0.0381. The highest BCUT2D eigenvalue weighted by molar-refractivity contribution is 7.09. The summed E-state index contributed by atoms with van der Waals surface area (Å²) in [4.78, 5) is 28.9. The molecule has 0 aliphatic carbocycles. The van der Waals surface area contributed by atoms with Gasteiger partial charge in [0.25, 0.3) is 5.91 Å². The summed E-state index contributed by atoms with van der Waals surface area (Å²) in [5, 5.41) is 5.18. The molecule has 0 aliphatic heterocycles. The van der Waals surface area contributed by atoms with E-state index in [1.165, 1.54) is 16.2 Å². The van der Waals surface area contributed by atoms with E-state index in [0.29, 0.717) is 25.2 Å². The zero-order valence-electron chi connectivity index (χ0n) is 10.6. The van der Waals surface area contributed by atoms with E-state index in [2.05, 4.69) is 10.3 Å². The van der Waals surface area contributed by atoms with Crippen LogP contribution in [0.15, 0.2) is 5.38 Å². The quantitative estimate of drug-likeness (QED) is 0.752. The van der Waals surface area contributed by atoms with Gasteiger partial charge in [0.05, 0.1) is 11.6 Å². The summed E-state index contributed by atoms with van der Waals surface area (Å²) in [7, 11) is 1.58. The number of carbonyl (C=O) groups is 2. The molecule has 0 bridgehead atoms. The Labute approximate surface area is 110 Å². The fourth-order valence-corrected chi connectivity index (χ4v) is 2.17. The van der Waals surface area contributed by atoms with Gasteiger partial charge in [-0.3, -0.25) is 9.59 Å². The summed E-state index contributed by atoms with van der Waals surface area (Å²) in [5.41, 5.74) is 5.79. The van der Waals surface area contributed by atoms with E-state index in [-0.39, 0.29) is 18.4 Å². The van der Waals surface area contributed by atoms with Crippen LogP contribution in [0.25, 0.3) is 0 Å². The van der Waals surface area contributed by atoms with E-state index >= 15 is 0 Å². The van der Waals surface area contributed by atoms with Crippen LogP contribution in [0.5, 0.6) is 0 Å². The minimum atomic E-state index is -0.249. The minimum Gasteiger partial charge on any atom is -0.355 e. The highest BCUT2D eigenvalue weighted by Crippen LogP contribution is 2.11. The molecule has 0 atom stereocenters. The van der Waals surface area contributed by atoms with Crippen LogP contribution in [-0.4, -0.2) is 48.4 Å². The van der Waals surface area contributed by atoms with Gasteiger partial charge in [0.1, 0.15) is 5.69 Å². The van der Waals surface area contributed by atoms with Gasteiger partial charge in [-0.1, -0.05) is 0 Å². The fourth-order valence-electron chi connectivity index (χ4n) is 1.38. The SMILES string of the molecule is CCNC(=O)CN(C)C(=O)c1csc(CCN)n1. The largest absolute Gasteiger partial charge is 0.355 e. The molecule has 0 spiro atoms. The van der Waals surface area contributed by atoms with Gasteiger partial charge in [-0.15, -0.1) is 11.3 Å². The number of hydrogen-bond acceptors (Lipinski definition) is 5. The Morgan fingerprint density at radius 1 is 1.56 bits per heavy atom. The van der Waals surface area contributed by atoms with Crippen molar-refractivity contribution in [3.63, 3.8) is 0 Å². The summed E-state index contributed by atoms with van der Waals surface area (Å²) in [6.07, 6.45) is 0.665. The van der Waals surface area contributed by atoms with Crippen molar-refractivity contribution in [3.8, 4) is 0 Å². The Balaban J connectivity index is 2.59. The third-order valence-electron chi connectivity index (χ3n) is 2.23. The molecule has 0 fully saturated rings. The Morgan fingerprint density at radius 3 is 2.89 bits per heavy atom. The monoisotopic (exact) mass is 270 g/mol. The van der Waals surface area contributed by atoms with Gasteiger partial charge >= 0.3 is 0 Å². The molecule has 1 heterocycles. The Hall–Kier alpha value is -1.47. The maximum atomic E-state index is 12.0. The lowest BCUT2D eigenvalue weighted by atomic mass is 10.4. The van der Waals surface area contributed by atoms with Crippen LogP contribution in [0.4, 0.5) is 0 Å². The van der Waals surface area contributed by atoms with Gasteiger partial charge in [-0.2, -0.15) is 0 Å². The third-order valence-corrected chi connectivity index (χ3v) is 3.14. The molecule has 0 unspecified atom stereocenters. The third kappa shape index (κ3) is 4.08. The highest BCUT2D eigenvalue weighted by atomic mass is 32.1. The van der Waals surface area contributed by atoms with Crippen molar-refractivity contribution < 1.29 is 9.59 Å². The van der Waals surface area contributed by atoms with Gasteiger partial charge in [-0.05, 0) is 13.5 Å². The number of hydrogen-bond donors (Lipinski definition) is 2. The topological polar surface area (TPSA) is 88.3 Å². The van der Waals surface area contributed by atoms with E-state index in [0.717, 1.165) is 5.01 Å². The lowest BCUT2D eigenvalue weighted by Crippen LogP contribution is -2.38. The maximum Gasteiger partial charge on any atom is 0.273 e. The second kappa shape index (κ2) is 7.07. The summed E-state index contributed by atoms with van der Waals surface area (Å²) >= 11 is 1.41. The molecule has 6 nitrogen and oxygen atoms in total. The van der Waals surface area contributed by atoms with Crippen LogP contribution in [0.2, 0.25) is 0 Å². The van der Waals surface area contributed by atoms with Gasteiger partial charge in [0.15, 0.2) is 0 Å². The van der Waals surface area contributed by atoms with Gasteiger partial charge < -0.3 is 16.0 Å². The number of aromatic nitrogens is 1. The normalized spacial score (nSPS) is 10.2. The summed E-state index contributed by atoms with van der Waals surface area (Å²) in [6.45, 7) is 2.93. The first kappa shape index (κ1) is 14.6. The van der Waals surface area contributed by atoms with Crippen molar-refractivity contribution in [1.82, 2.24) is 15.2 Å². The van der Waals surface area contributed by atoms with Crippen molar-refractivity contribution in [3.05, 3.63) is 16.1 Å². The lowest BCUT2D eigenvalue weighted by Gasteiger charge is -2.14. The van der Waals surface area contributed by atoms with Crippen molar-refractivity contribution in [2.45, 2.75) is 13.3 Å². The van der Waals surface area contributed by atoms with Crippen molar-refractivity contribution in [2.24, 2.45) is 5.73 Å². The molecule has 3 N–H and O–H groups in total. The number of nitrogens with zero attached hydrogens (tertiary/aromatic N) is 2. The van der Waals surface area contributed by atoms with Crippen LogP contribution in [0, 0.1) is 0 Å². The van der Waals surface area contributed by atoms with Crippen molar-refractivity contribution in [1.29, 1.82) is 0 Å². The van der Waals surface area contributed by atoms with E-state index in [1.54, 1.807) is 12.4 Å². The summed E-state index contributed by atoms with van der Waals surface area (Å²) < 4.78 is 0. The molecule has 0 aromatic carbocycles. The van der Waals surface area contributed by atoms with Crippen LogP contribution in [-0.2, 0) is 11.2 Å². The zero-order chi connectivity index (χ0) is 13.5. The van der Waals surface area contributed by atoms with Crippen LogP contribution < -0.4 is 11.1 Å². The second-order valence-electron chi connectivity index (χ2n) is 3.78. The molecule has 7 heteroatoms. The van der Waals surface area contributed by atoms with Gasteiger partial charge in [0.2, 0.25) is 5.91 Å². The van der Waals surface area contributed by atoms with E-state index < -0.39 is 0 Å². The number of rotatable bonds is 6. The standard InChI is InChI=1S/C11H18N4O2S/c1-3-13-9(16)6-15(2)11(17)8-7-18-10(14-8)4-5-12/h7H,3-6,12H2,1-2H3,(H,13,16). The summed E-state index contributed by atoms with van der Waals surface area (Å²) in [5.74, 6) is -0.425. The Kier molecular flexibility index (Phi) is 5.73. The number of thiazole rings is 1. The van der Waals surface area contributed by atoms with Gasteiger partial charge in [0, 0.05) is 25.4 Å². The van der Waals surface area contributed by atoms with E-state index in [9.17, 15) is 9.59 Å². The first-order valence-electron chi connectivity index (χ1n) is 5.75. The number of nitrogens with two attached hydrogens (primary N) is 1. The molecule has 0 saturated carbocycles. The first-order valence-corrected chi connectivity index (χ1v) is 6.63. The predicted molar refractivity (Wildman–Crippen MR) is 70.5 cm³/mol. The maximum absolute atomic E-state index is 12.0. The molecule has 1 rings (SSSR count). The van der Waals surface area contributed by atoms with E-state index in [4.69, 9.17) is 5.73 Å². The Bertz CT molecular complexity index is 419. The highest BCUT2D eigenvalue weighted by Gasteiger charge is 2.17. The smallest absolute Gasteiger partial charge is 0.273 e. The molecule has 100 valence electrons. The molecule has 2 amide bonds. The molecule has 18 heavy (non-hydrogen) atoms. The van der Waals surface area contributed by atoms with Crippen LogP contribution in [0.3, 0.4) is 0 Å². The molecule has 0 aliphatic rings. The molecule has 0 saturated heterocycles. The van der Waals surface area contributed by atoms with Gasteiger partial charge in [-0.25, -0.2) is 4.98 Å².